The van der Waals surface area contributed by atoms with Crippen LogP contribution in [0.5, 0.6) is 0 Å². The van der Waals surface area contributed by atoms with Crippen LogP contribution in [0.15, 0.2) is 48.5 Å². The van der Waals surface area contributed by atoms with Crippen molar-refractivity contribution in [3.8, 4) is 0 Å². The number of fused-ring (bicyclic) bond motifs is 1. The van der Waals surface area contributed by atoms with Gasteiger partial charge in [0.25, 0.3) is 0 Å². The predicted molar refractivity (Wildman–Crippen MR) is 95.9 cm³/mol. The number of carbonyl (C=O) groups excluding carboxylic acids is 2. The third kappa shape index (κ3) is 4.57. The maximum atomic E-state index is 12.0. The summed E-state index contributed by atoms with van der Waals surface area (Å²) in [7, 11) is 0. The summed E-state index contributed by atoms with van der Waals surface area (Å²) < 4.78 is 0. The first-order valence-electron chi connectivity index (χ1n) is 7.96. The highest BCUT2D eigenvalue weighted by Gasteiger charge is 2.06. The van der Waals surface area contributed by atoms with Crippen molar-refractivity contribution in [2.75, 3.05) is 5.32 Å². The molecule has 3 amide bonds. The zero-order valence-electron chi connectivity index (χ0n) is 13.6. The molecule has 0 aliphatic heterocycles. The summed E-state index contributed by atoms with van der Waals surface area (Å²) in [6.45, 7) is 0.426. The number of benzene rings is 2. The Labute approximate surface area is 144 Å². The fourth-order valence-corrected chi connectivity index (χ4v) is 2.49. The second-order valence-electron chi connectivity index (χ2n) is 5.66. The monoisotopic (exact) mass is 337 g/mol. The smallest absolute Gasteiger partial charge is 0.316 e. The molecule has 0 saturated carbocycles. The highest BCUT2D eigenvalue weighted by molar-refractivity contribution is 5.87. The molecule has 0 aliphatic carbocycles. The number of nitrogens with zero attached hydrogens (tertiary/aromatic N) is 1. The van der Waals surface area contributed by atoms with E-state index in [1.807, 2.05) is 36.4 Å². The van der Waals surface area contributed by atoms with E-state index in [-0.39, 0.29) is 5.91 Å². The molecular weight excluding hydrogens is 318 g/mol. The van der Waals surface area contributed by atoms with E-state index in [0.717, 1.165) is 22.4 Å². The van der Waals surface area contributed by atoms with Gasteiger partial charge in [0.15, 0.2) is 0 Å². The van der Waals surface area contributed by atoms with Gasteiger partial charge in [0.05, 0.1) is 11.0 Å². The quantitative estimate of drug-likeness (QED) is 0.553. The van der Waals surface area contributed by atoms with Gasteiger partial charge in [0, 0.05) is 25.1 Å². The molecule has 3 rings (SSSR count). The van der Waals surface area contributed by atoms with Crippen molar-refractivity contribution < 1.29 is 9.59 Å². The number of aromatic amines is 1. The first-order valence-corrected chi connectivity index (χ1v) is 7.96. The summed E-state index contributed by atoms with van der Waals surface area (Å²) >= 11 is 0. The largest absolute Gasteiger partial charge is 0.352 e. The minimum Gasteiger partial charge on any atom is -0.352 e. The van der Waals surface area contributed by atoms with Gasteiger partial charge in [-0.15, -0.1) is 0 Å². The summed E-state index contributed by atoms with van der Waals surface area (Å²) in [5.74, 6) is 0.762. The van der Waals surface area contributed by atoms with Crippen LogP contribution in [-0.4, -0.2) is 21.9 Å². The lowest BCUT2D eigenvalue weighted by atomic mass is 10.2. The zero-order valence-corrected chi connectivity index (χ0v) is 13.6. The van der Waals surface area contributed by atoms with Gasteiger partial charge in [-0.25, -0.2) is 9.78 Å². The SMILES string of the molecule is NC(=O)Nc1ccc(CNC(=O)CCc2nc3ccccc3[nH]2)cc1. The third-order valence-corrected chi connectivity index (χ3v) is 3.74. The van der Waals surface area contributed by atoms with Crippen LogP contribution in [0.25, 0.3) is 11.0 Å². The summed E-state index contributed by atoms with van der Waals surface area (Å²) in [6.07, 6.45) is 0.920. The van der Waals surface area contributed by atoms with E-state index in [0.29, 0.717) is 25.1 Å². The Kier molecular flexibility index (Phi) is 4.94. The first kappa shape index (κ1) is 16.5. The number of H-pyrrole nitrogens is 1. The number of urea groups is 1. The lowest BCUT2D eigenvalue weighted by molar-refractivity contribution is -0.121. The van der Waals surface area contributed by atoms with Crippen LogP contribution in [-0.2, 0) is 17.8 Å². The number of hydrogen-bond donors (Lipinski definition) is 4. The van der Waals surface area contributed by atoms with Crippen LogP contribution in [0.2, 0.25) is 0 Å². The molecule has 0 aliphatic rings. The number of para-hydroxylation sites is 2. The molecule has 1 aromatic heterocycles. The zero-order chi connectivity index (χ0) is 17.6. The molecule has 0 unspecified atom stereocenters. The fourth-order valence-electron chi connectivity index (χ4n) is 2.49. The minimum absolute atomic E-state index is 0.0419. The Bertz CT molecular complexity index is 853. The van der Waals surface area contributed by atoms with Gasteiger partial charge in [-0.05, 0) is 29.8 Å². The first-order chi connectivity index (χ1) is 12.1. The number of aryl methyl sites for hydroxylation is 1. The number of imidazole rings is 1. The molecule has 1 heterocycles. The van der Waals surface area contributed by atoms with Crippen LogP contribution in [0.3, 0.4) is 0 Å². The predicted octanol–water partition coefficient (Wildman–Crippen LogP) is 2.30. The van der Waals surface area contributed by atoms with Crippen LogP contribution >= 0.6 is 0 Å². The second kappa shape index (κ2) is 7.48. The Hall–Kier alpha value is -3.35. The highest BCUT2D eigenvalue weighted by Crippen LogP contribution is 2.12. The van der Waals surface area contributed by atoms with Crippen molar-refractivity contribution in [1.29, 1.82) is 0 Å². The van der Waals surface area contributed by atoms with E-state index in [9.17, 15) is 9.59 Å². The number of amides is 3. The molecular formula is C18H19N5O2. The normalized spacial score (nSPS) is 10.6. The lowest BCUT2D eigenvalue weighted by Crippen LogP contribution is -2.23. The fraction of sp³-hybridized carbons (Fsp3) is 0.167. The van der Waals surface area contributed by atoms with Gasteiger partial charge >= 0.3 is 6.03 Å². The van der Waals surface area contributed by atoms with Crippen molar-refractivity contribution in [2.45, 2.75) is 19.4 Å². The van der Waals surface area contributed by atoms with E-state index in [4.69, 9.17) is 5.73 Å². The van der Waals surface area contributed by atoms with Crippen LogP contribution < -0.4 is 16.4 Å². The van der Waals surface area contributed by atoms with Gasteiger partial charge in [-0.2, -0.15) is 0 Å². The van der Waals surface area contributed by atoms with E-state index in [2.05, 4.69) is 20.6 Å². The molecule has 5 N–H and O–H groups in total. The molecule has 7 heteroatoms. The molecule has 0 bridgehead atoms. The highest BCUT2D eigenvalue weighted by atomic mass is 16.2. The summed E-state index contributed by atoms with van der Waals surface area (Å²) in [4.78, 5) is 30.4. The maximum Gasteiger partial charge on any atom is 0.316 e. The average Bonchev–Trinajstić information content (AvgIpc) is 3.02. The Balaban J connectivity index is 1.47. The number of anilines is 1. The molecule has 2 aromatic carbocycles. The van der Waals surface area contributed by atoms with Crippen molar-refractivity contribution in [1.82, 2.24) is 15.3 Å². The van der Waals surface area contributed by atoms with Crippen molar-refractivity contribution >= 4 is 28.7 Å². The number of hydrogen-bond acceptors (Lipinski definition) is 3. The van der Waals surface area contributed by atoms with Crippen molar-refractivity contribution in [3.05, 3.63) is 59.9 Å². The Morgan fingerprint density at radius 2 is 1.84 bits per heavy atom. The average molecular weight is 337 g/mol. The van der Waals surface area contributed by atoms with Crippen molar-refractivity contribution in [2.24, 2.45) is 5.73 Å². The van der Waals surface area contributed by atoms with Gasteiger partial charge in [0.2, 0.25) is 5.91 Å². The van der Waals surface area contributed by atoms with E-state index in [1.165, 1.54) is 0 Å². The topological polar surface area (TPSA) is 113 Å². The molecule has 128 valence electrons. The van der Waals surface area contributed by atoms with Crippen LogP contribution in [0.4, 0.5) is 10.5 Å². The molecule has 0 fully saturated rings. The van der Waals surface area contributed by atoms with Crippen LogP contribution in [0.1, 0.15) is 17.8 Å². The number of primary amides is 1. The molecule has 7 nitrogen and oxygen atoms in total. The van der Waals surface area contributed by atoms with E-state index >= 15 is 0 Å². The third-order valence-electron chi connectivity index (χ3n) is 3.74. The van der Waals surface area contributed by atoms with E-state index < -0.39 is 6.03 Å². The summed E-state index contributed by atoms with van der Waals surface area (Å²) in [6, 6.07) is 14.3. The molecule has 0 spiro atoms. The molecule has 25 heavy (non-hydrogen) atoms. The molecule has 3 aromatic rings. The van der Waals surface area contributed by atoms with Crippen molar-refractivity contribution in [3.63, 3.8) is 0 Å². The summed E-state index contributed by atoms with van der Waals surface area (Å²) in [5, 5.41) is 5.36. The van der Waals surface area contributed by atoms with E-state index in [1.54, 1.807) is 12.1 Å². The van der Waals surface area contributed by atoms with Gasteiger partial charge < -0.3 is 21.4 Å². The second-order valence-corrected chi connectivity index (χ2v) is 5.66. The molecule has 0 saturated heterocycles. The maximum absolute atomic E-state index is 12.0. The molecule has 0 radical (unpaired) electrons. The van der Waals surface area contributed by atoms with Gasteiger partial charge in [-0.1, -0.05) is 24.3 Å². The number of rotatable bonds is 6. The standard InChI is InChI=1S/C18H19N5O2/c19-18(25)21-13-7-5-12(6-8-13)11-20-17(24)10-9-16-22-14-3-1-2-4-15(14)23-16/h1-8H,9-11H2,(H,20,24)(H,22,23)(H3,19,21,25). The number of nitrogens with two attached hydrogens (primary N) is 1. The van der Waals surface area contributed by atoms with Crippen LogP contribution in [0, 0.1) is 0 Å². The van der Waals surface area contributed by atoms with Gasteiger partial charge in [-0.3, -0.25) is 4.79 Å². The number of aromatic nitrogens is 2. The Morgan fingerprint density at radius 3 is 2.56 bits per heavy atom. The lowest BCUT2D eigenvalue weighted by Gasteiger charge is -2.06. The number of carbonyl (C=O) groups is 2. The molecule has 0 atom stereocenters. The van der Waals surface area contributed by atoms with Gasteiger partial charge in [0.1, 0.15) is 5.82 Å². The number of nitrogens with one attached hydrogen (secondary N) is 3. The Morgan fingerprint density at radius 1 is 1.08 bits per heavy atom. The minimum atomic E-state index is -0.605. The summed E-state index contributed by atoms with van der Waals surface area (Å²) in [5.41, 5.74) is 8.49.